The summed E-state index contributed by atoms with van der Waals surface area (Å²) in [7, 11) is 0. The lowest BCUT2D eigenvalue weighted by Gasteiger charge is -2.23. The third kappa shape index (κ3) is 4.55. The van der Waals surface area contributed by atoms with Crippen LogP contribution in [0.3, 0.4) is 0 Å². The quantitative estimate of drug-likeness (QED) is 0.757. The van der Waals surface area contributed by atoms with Crippen LogP contribution in [-0.4, -0.2) is 22.2 Å². The van der Waals surface area contributed by atoms with Crippen molar-refractivity contribution >= 4 is 28.2 Å². The van der Waals surface area contributed by atoms with E-state index in [0.717, 1.165) is 22.0 Å². The highest BCUT2D eigenvalue weighted by molar-refractivity contribution is 7.80. The van der Waals surface area contributed by atoms with Gasteiger partial charge in [0.1, 0.15) is 0 Å². The molecule has 4 nitrogen and oxygen atoms in total. The second-order valence-corrected chi connectivity index (χ2v) is 7.40. The van der Waals surface area contributed by atoms with Crippen LogP contribution in [0.25, 0.3) is 10.9 Å². The van der Waals surface area contributed by atoms with E-state index in [1.807, 2.05) is 19.1 Å². The van der Waals surface area contributed by atoms with Gasteiger partial charge in [0.05, 0.1) is 5.52 Å². The van der Waals surface area contributed by atoms with Crippen molar-refractivity contribution in [3.05, 3.63) is 45.2 Å². The van der Waals surface area contributed by atoms with Gasteiger partial charge >= 0.3 is 0 Å². The molecule has 23 heavy (non-hydrogen) atoms. The van der Waals surface area contributed by atoms with Gasteiger partial charge in [-0.05, 0) is 70.5 Å². The zero-order chi connectivity index (χ0) is 17.2. The number of nitrogens with one attached hydrogen (secondary N) is 3. The number of pyridine rings is 1. The summed E-state index contributed by atoms with van der Waals surface area (Å²) in [6.45, 7) is 10.9. The molecule has 0 spiro atoms. The van der Waals surface area contributed by atoms with Crippen molar-refractivity contribution in [2.45, 2.75) is 46.6 Å². The van der Waals surface area contributed by atoms with Crippen molar-refractivity contribution < 1.29 is 0 Å². The Labute approximate surface area is 142 Å². The topological polar surface area (TPSA) is 56.9 Å². The average molecular weight is 331 g/mol. The highest BCUT2D eigenvalue weighted by Gasteiger charge is 2.11. The number of H-pyrrole nitrogens is 1. The summed E-state index contributed by atoms with van der Waals surface area (Å²) in [5.74, 6) is 0. The van der Waals surface area contributed by atoms with Crippen molar-refractivity contribution in [3.63, 3.8) is 0 Å². The second kappa shape index (κ2) is 6.71. The number of aromatic amines is 1. The number of hydrogen-bond donors (Lipinski definition) is 3. The fourth-order valence-corrected chi connectivity index (χ4v) is 2.91. The van der Waals surface area contributed by atoms with Crippen LogP contribution in [-0.2, 0) is 6.42 Å². The van der Waals surface area contributed by atoms with Crippen molar-refractivity contribution in [1.29, 1.82) is 0 Å². The fourth-order valence-electron chi connectivity index (χ4n) is 2.50. The van der Waals surface area contributed by atoms with Crippen LogP contribution in [0.5, 0.6) is 0 Å². The predicted molar refractivity (Wildman–Crippen MR) is 101 cm³/mol. The number of aryl methyl sites for hydroxylation is 2. The van der Waals surface area contributed by atoms with Crippen LogP contribution < -0.4 is 16.2 Å². The van der Waals surface area contributed by atoms with Crippen LogP contribution in [0.2, 0.25) is 0 Å². The van der Waals surface area contributed by atoms with E-state index in [1.165, 1.54) is 5.56 Å². The maximum Gasteiger partial charge on any atom is 0.251 e. The molecule has 0 aliphatic rings. The Bertz CT molecular complexity index is 787. The minimum absolute atomic E-state index is 0.0253. The van der Waals surface area contributed by atoms with Crippen molar-refractivity contribution in [2.24, 2.45) is 0 Å². The van der Waals surface area contributed by atoms with E-state index >= 15 is 0 Å². The molecule has 3 N–H and O–H groups in total. The van der Waals surface area contributed by atoms with E-state index in [9.17, 15) is 4.79 Å². The number of hydrogen-bond acceptors (Lipinski definition) is 2. The molecule has 124 valence electrons. The van der Waals surface area contributed by atoms with Crippen LogP contribution in [0.4, 0.5) is 0 Å². The third-order valence-electron chi connectivity index (χ3n) is 3.69. The molecule has 0 saturated carbocycles. The SMILES string of the molecule is Cc1ccc(C)c2[nH]c(=O)c(CCNC(=S)NC(C)(C)C)cc12. The first-order valence-corrected chi connectivity index (χ1v) is 8.26. The van der Waals surface area contributed by atoms with E-state index in [1.54, 1.807) is 0 Å². The van der Waals surface area contributed by atoms with Gasteiger partial charge in [0.15, 0.2) is 5.11 Å². The van der Waals surface area contributed by atoms with Gasteiger partial charge in [-0.25, -0.2) is 0 Å². The zero-order valence-electron chi connectivity index (χ0n) is 14.5. The maximum absolute atomic E-state index is 12.3. The molecule has 0 saturated heterocycles. The molecule has 0 amide bonds. The standard InChI is InChI=1S/C18H25N3OS/c1-11-6-7-12(2)15-14(11)10-13(16(22)20-15)8-9-19-17(23)21-18(3,4)5/h6-7,10H,8-9H2,1-5H3,(H,20,22)(H2,19,21,23). The number of rotatable bonds is 3. The molecule has 2 aromatic rings. The number of fused-ring (bicyclic) bond motifs is 1. The first-order chi connectivity index (χ1) is 10.7. The fraction of sp³-hybridized carbons (Fsp3) is 0.444. The minimum Gasteiger partial charge on any atom is -0.362 e. The second-order valence-electron chi connectivity index (χ2n) is 6.99. The molecule has 0 fully saturated rings. The summed E-state index contributed by atoms with van der Waals surface area (Å²) in [5.41, 5.74) is 3.86. The summed E-state index contributed by atoms with van der Waals surface area (Å²) in [5, 5.41) is 8.08. The molecular formula is C18H25N3OS. The van der Waals surface area contributed by atoms with Crippen LogP contribution in [0.15, 0.2) is 23.0 Å². The molecule has 0 aliphatic heterocycles. The average Bonchev–Trinajstić information content (AvgIpc) is 2.42. The first-order valence-electron chi connectivity index (χ1n) is 7.85. The monoisotopic (exact) mass is 331 g/mol. The van der Waals surface area contributed by atoms with Crippen LogP contribution in [0.1, 0.15) is 37.5 Å². The molecule has 0 bridgehead atoms. The van der Waals surface area contributed by atoms with Crippen molar-refractivity contribution in [1.82, 2.24) is 15.6 Å². The number of benzene rings is 1. The number of aromatic nitrogens is 1. The van der Waals surface area contributed by atoms with Crippen molar-refractivity contribution in [3.8, 4) is 0 Å². The Kier molecular flexibility index (Phi) is 5.09. The lowest BCUT2D eigenvalue weighted by molar-refractivity contribution is 0.507. The highest BCUT2D eigenvalue weighted by Crippen LogP contribution is 2.19. The van der Waals surface area contributed by atoms with Crippen molar-refractivity contribution in [2.75, 3.05) is 6.54 Å². The smallest absolute Gasteiger partial charge is 0.251 e. The molecule has 2 rings (SSSR count). The zero-order valence-corrected chi connectivity index (χ0v) is 15.3. The van der Waals surface area contributed by atoms with Gasteiger partial charge in [0.2, 0.25) is 0 Å². The Morgan fingerprint density at radius 3 is 2.52 bits per heavy atom. The molecule has 0 radical (unpaired) electrons. The van der Waals surface area contributed by atoms with Gasteiger partial charge in [-0.15, -0.1) is 0 Å². The highest BCUT2D eigenvalue weighted by atomic mass is 32.1. The normalized spacial score (nSPS) is 11.5. The van der Waals surface area contributed by atoms with E-state index in [-0.39, 0.29) is 11.1 Å². The summed E-state index contributed by atoms with van der Waals surface area (Å²) >= 11 is 5.26. The largest absolute Gasteiger partial charge is 0.362 e. The Hall–Kier alpha value is -1.88. The first kappa shape index (κ1) is 17.5. The summed E-state index contributed by atoms with van der Waals surface area (Å²) in [4.78, 5) is 15.3. The molecular weight excluding hydrogens is 306 g/mol. The molecule has 0 atom stereocenters. The van der Waals surface area contributed by atoms with E-state index < -0.39 is 0 Å². The Morgan fingerprint density at radius 1 is 1.22 bits per heavy atom. The molecule has 0 aliphatic carbocycles. The Morgan fingerprint density at radius 2 is 1.87 bits per heavy atom. The van der Waals surface area contributed by atoms with Gasteiger partial charge < -0.3 is 15.6 Å². The van der Waals surface area contributed by atoms with E-state index in [4.69, 9.17) is 12.2 Å². The van der Waals surface area contributed by atoms with Gasteiger partial charge in [-0.3, -0.25) is 4.79 Å². The minimum atomic E-state index is -0.0703. The summed E-state index contributed by atoms with van der Waals surface area (Å²) in [6, 6.07) is 6.12. The van der Waals surface area contributed by atoms with Gasteiger partial charge in [-0.2, -0.15) is 0 Å². The summed E-state index contributed by atoms with van der Waals surface area (Å²) < 4.78 is 0. The van der Waals surface area contributed by atoms with E-state index in [2.05, 4.69) is 49.4 Å². The van der Waals surface area contributed by atoms with E-state index in [0.29, 0.717) is 18.1 Å². The molecule has 0 unspecified atom stereocenters. The molecule has 1 heterocycles. The van der Waals surface area contributed by atoms with Gasteiger partial charge in [-0.1, -0.05) is 12.1 Å². The van der Waals surface area contributed by atoms with Crippen LogP contribution in [0, 0.1) is 13.8 Å². The van der Waals surface area contributed by atoms with Gasteiger partial charge in [0.25, 0.3) is 5.56 Å². The molecule has 1 aromatic heterocycles. The number of thiocarbonyl (C=S) groups is 1. The van der Waals surface area contributed by atoms with Crippen LogP contribution >= 0.6 is 12.2 Å². The maximum atomic E-state index is 12.3. The Balaban J connectivity index is 2.12. The van der Waals surface area contributed by atoms with Gasteiger partial charge in [0, 0.05) is 23.0 Å². The predicted octanol–water partition coefficient (Wildman–Crippen LogP) is 2.95. The lowest BCUT2D eigenvalue weighted by atomic mass is 10.0. The third-order valence-corrected chi connectivity index (χ3v) is 3.94. The molecule has 1 aromatic carbocycles. The molecule has 5 heteroatoms. The summed E-state index contributed by atoms with van der Waals surface area (Å²) in [6.07, 6.45) is 0.630. The lowest BCUT2D eigenvalue weighted by Crippen LogP contribution is -2.46.